The zero-order valence-electron chi connectivity index (χ0n) is 6.90. The first kappa shape index (κ1) is 8.74. The van der Waals surface area contributed by atoms with Crippen LogP contribution in [0.25, 0.3) is 0 Å². The molecule has 1 aromatic rings. The molecule has 0 saturated heterocycles. The number of aliphatic hydroxyl groups excluding tert-OH is 1. The lowest BCUT2D eigenvalue weighted by atomic mass is 10.1. The number of aliphatic hydroxyl groups is 1. The molecule has 3 nitrogen and oxygen atoms in total. The summed E-state index contributed by atoms with van der Waals surface area (Å²) in [6.07, 6.45) is 0. The lowest BCUT2D eigenvalue weighted by Gasteiger charge is -2.00. The van der Waals surface area contributed by atoms with Crippen LogP contribution in [0.15, 0.2) is 35.5 Å². The van der Waals surface area contributed by atoms with Crippen molar-refractivity contribution in [3.63, 3.8) is 0 Å². The summed E-state index contributed by atoms with van der Waals surface area (Å²) in [7, 11) is 1.46. The number of benzene rings is 1. The first-order valence-electron chi connectivity index (χ1n) is 3.64. The number of oxime groups is 1. The second-order valence-corrected chi connectivity index (χ2v) is 2.24. The predicted octanol–water partition coefficient (Wildman–Crippen LogP) is 1.03. The Labute approximate surface area is 71.3 Å². The van der Waals surface area contributed by atoms with Crippen LogP contribution in [-0.2, 0) is 4.84 Å². The fourth-order valence-corrected chi connectivity index (χ4v) is 0.914. The Bertz CT molecular complexity index is 256. The average molecular weight is 165 g/mol. The van der Waals surface area contributed by atoms with E-state index in [1.54, 1.807) is 0 Å². The molecule has 0 spiro atoms. The van der Waals surface area contributed by atoms with E-state index in [2.05, 4.69) is 9.99 Å². The lowest BCUT2D eigenvalue weighted by Crippen LogP contribution is -2.06. The predicted molar refractivity (Wildman–Crippen MR) is 47.1 cm³/mol. The van der Waals surface area contributed by atoms with Gasteiger partial charge in [-0.15, -0.1) is 0 Å². The van der Waals surface area contributed by atoms with Gasteiger partial charge in [0.2, 0.25) is 0 Å². The molecule has 12 heavy (non-hydrogen) atoms. The molecule has 0 aromatic heterocycles. The molecule has 0 fully saturated rings. The Kier molecular flexibility index (Phi) is 3.29. The minimum atomic E-state index is -0.113. The van der Waals surface area contributed by atoms with Crippen LogP contribution in [0.5, 0.6) is 0 Å². The molecule has 1 aromatic carbocycles. The van der Waals surface area contributed by atoms with Crippen molar-refractivity contribution in [2.24, 2.45) is 5.16 Å². The van der Waals surface area contributed by atoms with Gasteiger partial charge in [-0.2, -0.15) is 0 Å². The van der Waals surface area contributed by atoms with Gasteiger partial charge in [-0.3, -0.25) is 0 Å². The third kappa shape index (κ3) is 2.07. The third-order valence-corrected chi connectivity index (χ3v) is 1.46. The zero-order valence-corrected chi connectivity index (χ0v) is 6.90. The summed E-state index contributed by atoms with van der Waals surface area (Å²) in [5.41, 5.74) is 1.42. The highest BCUT2D eigenvalue weighted by atomic mass is 16.6. The molecule has 0 bridgehead atoms. The molecule has 0 saturated carbocycles. The number of hydrogen-bond donors (Lipinski definition) is 1. The van der Waals surface area contributed by atoms with Gasteiger partial charge in [0, 0.05) is 5.56 Å². The van der Waals surface area contributed by atoms with E-state index in [1.807, 2.05) is 30.3 Å². The van der Waals surface area contributed by atoms with Crippen LogP contribution in [-0.4, -0.2) is 24.5 Å². The summed E-state index contributed by atoms with van der Waals surface area (Å²) in [6, 6.07) is 9.42. The molecular weight excluding hydrogens is 154 g/mol. The maximum Gasteiger partial charge on any atom is 0.112 e. The second kappa shape index (κ2) is 4.51. The van der Waals surface area contributed by atoms with E-state index >= 15 is 0 Å². The van der Waals surface area contributed by atoms with E-state index in [0.29, 0.717) is 5.71 Å². The summed E-state index contributed by atoms with van der Waals surface area (Å²) in [5, 5.41) is 12.6. The summed E-state index contributed by atoms with van der Waals surface area (Å²) in [4.78, 5) is 4.58. The van der Waals surface area contributed by atoms with Gasteiger partial charge >= 0.3 is 0 Å². The van der Waals surface area contributed by atoms with Crippen LogP contribution >= 0.6 is 0 Å². The van der Waals surface area contributed by atoms with Crippen LogP contribution in [0, 0.1) is 0 Å². The largest absolute Gasteiger partial charge is 0.399 e. The van der Waals surface area contributed by atoms with Gasteiger partial charge in [-0.05, 0) is 0 Å². The normalized spacial score (nSPS) is 11.3. The molecular formula is C9H11NO2. The van der Waals surface area contributed by atoms with Gasteiger partial charge in [-0.1, -0.05) is 35.5 Å². The first-order valence-corrected chi connectivity index (χ1v) is 3.64. The van der Waals surface area contributed by atoms with Crippen molar-refractivity contribution in [2.75, 3.05) is 13.7 Å². The van der Waals surface area contributed by atoms with Crippen molar-refractivity contribution in [1.82, 2.24) is 0 Å². The Morgan fingerprint density at radius 2 is 2.08 bits per heavy atom. The minimum Gasteiger partial charge on any atom is -0.399 e. The molecule has 1 N–H and O–H groups in total. The van der Waals surface area contributed by atoms with Gasteiger partial charge in [0.25, 0.3) is 0 Å². The lowest BCUT2D eigenvalue weighted by molar-refractivity contribution is 0.209. The SMILES string of the molecule is CO/N=C(\CO)c1ccccc1. The van der Waals surface area contributed by atoms with Crippen LogP contribution in [0.4, 0.5) is 0 Å². The van der Waals surface area contributed by atoms with Crippen molar-refractivity contribution in [3.05, 3.63) is 35.9 Å². The van der Waals surface area contributed by atoms with Gasteiger partial charge in [0.05, 0.1) is 6.61 Å². The molecule has 0 aliphatic heterocycles. The highest BCUT2D eigenvalue weighted by Gasteiger charge is 2.00. The van der Waals surface area contributed by atoms with Gasteiger partial charge in [-0.25, -0.2) is 0 Å². The summed E-state index contributed by atoms with van der Waals surface area (Å²) in [5.74, 6) is 0. The van der Waals surface area contributed by atoms with Crippen LogP contribution in [0.3, 0.4) is 0 Å². The van der Waals surface area contributed by atoms with E-state index in [0.717, 1.165) is 5.56 Å². The average Bonchev–Trinajstić information content (AvgIpc) is 2.15. The molecule has 1 rings (SSSR count). The van der Waals surface area contributed by atoms with Crippen molar-refractivity contribution >= 4 is 5.71 Å². The fourth-order valence-electron chi connectivity index (χ4n) is 0.914. The van der Waals surface area contributed by atoms with Crippen LogP contribution in [0.2, 0.25) is 0 Å². The molecule has 64 valence electrons. The third-order valence-electron chi connectivity index (χ3n) is 1.46. The van der Waals surface area contributed by atoms with E-state index in [4.69, 9.17) is 5.11 Å². The molecule has 3 heteroatoms. The van der Waals surface area contributed by atoms with Gasteiger partial charge in [0.15, 0.2) is 0 Å². The van der Waals surface area contributed by atoms with Crippen molar-refractivity contribution < 1.29 is 9.94 Å². The molecule has 0 aliphatic carbocycles. The van der Waals surface area contributed by atoms with Crippen molar-refractivity contribution in [3.8, 4) is 0 Å². The topological polar surface area (TPSA) is 41.8 Å². The maximum atomic E-state index is 8.90. The molecule has 0 atom stereocenters. The second-order valence-electron chi connectivity index (χ2n) is 2.24. The molecule has 0 unspecified atom stereocenters. The Hall–Kier alpha value is -1.35. The number of hydrogen-bond acceptors (Lipinski definition) is 3. The maximum absolute atomic E-state index is 8.90. The molecule has 0 aliphatic rings. The van der Waals surface area contributed by atoms with Gasteiger partial charge < -0.3 is 9.94 Å². The number of nitrogens with zero attached hydrogens (tertiary/aromatic N) is 1. The first-order chi connectivity index (χ1) is 5.88. The van der Waals surface area contributed by atoms with E-state index < -0.39 is 0 Å². The Balaban J connectivity index is 2.88. The summed E-state index contributed by atoms with van der Waals surface area (Å²) in [6.45, 7) is -0.113. The Morgan fingerprint density at radius 3 is 2.58 bits per heavy atom. The van der Waals surface area contributed by atoms with E-state index in [-0.39, 0.29) is 6.61 Å². The molecule has 0 amide bonds. The Morgan fingerprint density at radius 1 is 1.42 bits per heavy atom. The summed E-state index contributed by atoms with van der Waals surface area (Å²) < 4.78 is 0. The minimum absolute atomic E-state index is 0.113. The molecule has 0 radical (unpaired) electrons. The van der Waals surface area contributed by atoms with E-state index in [1.165, 1.54) is 7.11 Å². The number of rotatable bonds is 3. The smallest absolute Gasteiger partial charge is 0.112 e. The quantitative estimate of drug-likeness (QED) is 0.537. The molecule has 0 heterocycles. The van der Waals surface area contributed by atoms with Crippen LogP contribution < -0.4 is 0 Å². The fraction of sp³-hybridized carbons (Fsp3) is 0.222. The van der Waals surface area contributed by atoms with Crippen molar-refractivity contribution in [2.45, 2.75) is 0 Å². The standard InChI is InChI=1S/C9H11NO2/c1-12-10-9(7-11)8-5-3-2-4-6-8/h2-6,11H,7H2,1H3/b10-9+. The highest BCUT2D eigenvalue weighted by Crippen LogP contribution is 2.00. The van der Waals surface area contributed by atoms with Crippen LogP contribution in [0.1, 0.15) is 5.56 Å². The summed E-state index contributed by atoms with van der Waals surface area (Å²) >= 11 is 0. The monoisotopic (exact) mass is 165 g/mol. The van der Waals surface area contributed by atoms with Crippen molar-refractivity contribution in [1.29, 1.82) is 0 Å². The van der Waals surface area contributed by atoms with Gasteiger partial charge in [0.1, 0.15) is 12.8 Å². The van der Waals surface area contributed by atoms with E-state index in [9.17, 15) is 0 Å². The zero-order chi connectivity index (χ0) is 8.81. The highest BCUT2D eigenvalue weighted by molar-refractivity contribution is 6.00.